The van der Waals surface area contributed by atoms with Gasteiger partial charge in [0, 0.05) is 30.8 Å². The second-order valence-corrected chi connectivity index (χ2v) is 7.09. The van der Waals surface area contributed by atoms with Crippen LogP contribution in [-0.2, 0) is 27.4 Å². The molecule has 0 spiro atoms. The molecule has 0 aliphatic carbocycles. The Hall–Kier alpha value is -2.19. The van der Waals surface area contributed by atoms with Gasteiger partial charge in [-0.05, 0) is 40.2 Å². The fraction of sp³-hybridized carbons (Fsp3) is 0.632. The molecule has 1 N–H and O–H groups in total. The molecule has 0 saturated carbocycles. The van der Waals surface area contributed by atoms with Gasteiger partial charge in [-0.2, -0.15) is 5.10 Å². The van der Waals surface area contributed by atoms with Gasteiger partial charge in [-0.25, -0.2) is 0 Å². The first-order valence-corrected chi connectivity index (χ1v) is 9.35. The van der Waals surface area contributed by atoms with Crippen LogP contribution in [0.3, 0.4) is 0 Å². The molecule has 0 radical (unpaired) electrons. The quantitative estimate of drug-likeness (QED) is 0.795. The van der Waals surface area contributed by atoms with Gasteiger partial charge in [0.2, 0.25) is 5.91 Å². The van der Waals surface area contributed by atoms with E-state index in [1.165, 1.54) is 0 Å². The average molecular weight is 376 g/mol. The maximum absolute atomic E-state index is 12.4. The number of ether oxygens (including phenoxy) is 2. The number of hydrogen-bond donors (Lipinski definition) is 1. The van der Waals surface area contributed by atoms with Gasteiger partial charge in [0.1, 0.15) is 11.9 Å². The van der Waals surface area contributed by atoms with E-state index in [9.17, 15) is 4.79 Å². The van der Waals surface area contributed by atoms with Crippen LogP contribution in [0.2, 0.25) is 0 Å². The minimum absolute atomic E-state index is 0.000363. The molecular formula is C19H28N4O4. The molecule has 1 fully saturated rings. The molecule has 2 atom stereocenters. The monoisotopic (exact) mass is 376 g/mol. The number of aromatic nitrogens is 3. The Kier molecular flexibility index (Phi) is 6.28. The number of rotatable bonds is 7. The molecular weight excluding hydrogens is 348 g/mol. The summed E-state index contributed by atoms with van der Waals surface area (Å²) >= 11 is 0. The lowest BCUT2D eigenvalue weighted by Gasteiger charge is -2.32. The summed E-state index contributed by atoms with van der Waals surface area (Å²) in [7, 11) is 0. The lowest BCUT2D eigenvalue weighted by molar-refractivity contribution is -0.127. The fourth-order valence-corrected chi connectivity index (χ4v) is 3.33. The number of carbonyl (C=O) groups excluding carboxylic acids is 1. The van der Waals surface area contributed by atoms with Crippen molar-refractivity contribution in [2.75, 3.05) is 13.2 Å². The highest BCUT2D eigenvalue weighted by Gasteiger charge is 2.28. The summed E-state index contributed by atoms with van der Waals surface area (Å²) < 4.78 is 18.6. The average Bonchev–Trinajstić information content (AvgIpc) is 3.13. The third-order valence-corrected chi connectivity index (χ3v) is 4.93. The predicted molar refractivity (Wildman–Crippen MR) is 98.2 cm³/mol. The summed E-state index contributed by atoms with van der Waals surface area (Å²) in [6.45, 7) is 9.76. The third-order valence-electron chi connectivity index (χ3n) is 4.93. The zero-order valence-corrected chi connectivity index (χ0v) is 16.4. The fourth-order valence-electron chi connectivity index (χ4n) is 3.33. The number of carbonyl (C=O) groups is 1. The zero-order chi connectivity index (χ0) is 19.4. The first-order chi connectivity index (χ1) is 12.9. The number of hydrogen-bond acceptors (Lipinski definition) is 6. The van der Waals surface area contributed by atoms with Gasteiger partial charge in [-0.1, -0.05) is 5.16 Å². The molecule has 1 amide bonds. The van der Waals surface area contributed by atoms with E-state index in [1.807, 2.05) is 38.4 Å². The molecule has 0 unspecified atom stereocenters. The maximum Gasteiger partial charge on any atom is 0.222 e. The van der Waals surface area contributed by atoms with Crippen LogP contribution in [0.25, 0.3) is 0 Å². The van der Waals surface area contributed by atoms with Crippen LogP contribution in [0.15, 0.2) is 10.6 Å². The molecule has 8 heteroatoms. The van der Waals surface area contributed by atoms with Crippen molar-refractivity contribution in [3.63, 3.8) is 0 Å². The van der Waals surface area contributed by atoms with Gasteiger partial charge in [0.15, 0.2) is 0 Å². The molecule has 2 aromatic rings. The van der Waals surface area contributed by atoms with Crippen molar-refractivity contribution in [1.82, 2.24) is 20.3 Å². The molecule has 1 aliphatic heterocycles. The highest BCUT2D eigenvalue weighted by Crippen LogP contribution is 2.18. The molecule has 0 aromatic carbocycles. The Morgan fingerprint density at radius 3 is 2.85 bits per heavy atom. The standard InChI is InChI=1S/C19H28N4O4/c1-12-9-13(2)23(21-12)7-5-19(24)20-17-6-8-25-11-18(17)26-10-16-14(3)22-27-15(16)4/h9,17-18H,5-8,10-11H2,1-4H3,(H,20,24)/t17-,18-/m1/s1. The highest BCUT2D eigenvalue weighted by molar-refractivity contribution is 5.76. The third kappa shape index (κ3) is 4.95. The molecule has 1 saturated heterocycles. The number of nitrogens with one attached hydrogen (secondary N) is 1. The topological polar surface area (TPSA) is 91.4 Å². The largest absolute Gasteiger partial charge is 0.379 e. The smallest absolute Gasteiger partial charge is 0.222 e. The van der Waals surface area contributed by atoms with Crippen LogP contribution in [0.4, 0.5) is 0 Å². The van der Waals surface area contributed by atoms with Gasteiger partial charge in [0.05, 0.1) is 30.6 Å². The van der Waals surface area contributed by atoms with Gasteiger partial charge in [-0.15, -0.1) is 0 Å². The molecule has 0 bridgehead atoms. The molecule has 8 nitrogen and oxygen atoms in total. The van der Waals surface area contributed by atoms with Crippen LogP contribution in [0.5, 0.6) is 0 Å². The Labute approximate surface area is 159 Å². The summed E-state index contributed by atoms with van der Waals surface area (Å²) in [4.78, 5) is 12.4. The lowest BCUT2D eigenvalue weighted by atomic mass is 10.1. The Balaban J connectivity index is 1.52. The Morgan fingerprint density at radius 1 is 1.37 bits per heavy atom. The van der Waals surface area contributed by atoms with Crippen molar-refractivity contribution >= 4 is 5.91 Å². The van der Waals surface area contributed by atoms with Crippen molar-refractivity contribution in [2.24, 2.45) is 0 Å². The van der Waals surface area contributed by atoms with Crippen LogP contribution in [0.1, 0.15) is 41.2 Å². The summed E-state index contributed by atoms with van der Waals surface area (Å²) in [6.07, 6.45) is 0.929. The molecule has 3 rings (SSSR count). The SMILES string of the molecule is Cc1cc(C)n(CCC(=O)N[C@@H]2CCOC[C@H]2OCc2c(C)noc2C)n1. The first-order valence-electron chi connectivity index (χ1n) is 9.35. The zero-order valence-electron chi connectivity index (χ0n) is 16.4. The van der Waals surface area contributed by atoms with E-state index in [4.69, 9.17) is 14.0 Å². The summed E-state index contributed by atoms with van der Waals surface area (Å²) in [6, 6.07) is 1.95. The van der Waals surface area contributed by atoms with E-state index in [0.717, 1.165) is 34.8 Å². The van der Waals surface area contributed by atoms with Crippen molar-refractivity contribution < 1.29 is 18.8 Å². The summed E-state index contributed by atoms with van der Waals surface area (Å²) in [5, 5.41) is 11.4. The van der Waals surface area contributed by atoms with E-state index in [0.29, 0.717) is 32.8 Å². The Morgan fingerprint density at radius 2 is 2.19 bits per heavy atom. The number of nitrogens with zero attached hydrogens (tertiary/aromatic N) is 3. The van der Waals surface area contributed by atoms with E-state index in [2.05, 4.69) is 15.6 Å². The molecule has 3 heterocycles. The van der Waals surface area contributed by atoms with Crippen molar-refractivity contribution in [1.29, 1.82) is 0 Å². The predicted octanol–water partition coefficient (Wildman–Crippen LogP) is 1.99. The normalized spacial score (nSPS) is 20.0. The van der Waals surface area contributed by atoms with Crippen LogP contribution < -0.4 is 5.32 Å². The van der Waals surface area contributed by atoms with E-state index < -0.39 is 0 Å². The van der Waals surface area contributed by atoms with Crippen molar-refractivity contribution in [3.8, 4) is 0 Å². The number of aryl methyl sites for hydroxylation is 5. The molecule has 1 aliphatic rings. The maximum atomic E-state index is 12.4. The minimum Gasteiger partial charge on any atom is -0.379 e. The van der Waals surface area contributed by atoms with Crippen molar-refractivity contribution in [2.45, 2.75) is 65.8 Å². The van der Waals surface area contributed by atoms with E-state index >= 15 is 0 Å². The van der Waals surface area contributed by atoms with Gasteiger partial charge in [-0.3, -0.25) is 9.48 Å². The summed E-state index contributed by atoms with van der Waals surface area (Å²) in [5.41, 5.74) is 3.81. The van der Waals surface area contributed by atoms with Crippen LogP contribution in [0, 0.1) is 27.7 Å². The van der Waals surface area contributed by atoms with Crippen LogP contribution >= 0.6 is 0 Å². The summed E-state index contributed by atoms with van der Waals surface area (Å²) in [5.74, 6) is 0.759. The molecule has 27 heavy (non-hydrogen) atoms. The first kappa shape index (κ1) is 19.6. The molecule has 148 valence electrons. The second kappa shape index (κ2) is 8.67. The second-order valence-electron chi connectivity index (χ2n) is 7.09. The van der Waals surface area contributed by atoms with Gasteiger partial charge < -0.3 is 19.3 Å². The number of amides is 1. The Bertz CT molecular complexity index is 763. The van der Waals surface area contributed by atoms with Crippen LogP contribution in [-0.4, -0.2) is 46.2 Å². The molecule has 2 aromatic heterocycles. The van der Waals surface area contributed by atoms with Crippen molar-refractivity contribution in [3.05, 3.63) is 34.5 Å². The minimum atomic E-state index is -0.190. The highest BCUT2D eigenvalue weighted by atomic mass is 16.5. The van der Waals surface area contributed by atoms with E-state index in [1.54, 1.807) is 0 Å². The lowest BCUT2D eigenvalue weighted by Crippen LogP contribution is -2.50. The van der Waals surface area contributed by atoms with Gasteiger partial charge >= 0.3 is 0 Å². The van der Waals surface area contributed by atoms with Gasteiger partial charge in [0.25, 0.3) is 0 Å². The van der Waals surface area contributed by atoms with E-state index in [-0.39, 0.29) is 18.1 Å².